The Morgan fingerprint density at radius 3 is 2.44 bits per heavy atom. The highest BCUT2D eigenvalue weighted by atomic mass is 16.5. The zero-order valence-corrected chi connectivity index (χ0v) is 9.90. The largest absolute Gasteiger partial charge is 0.457 e. The third-order valence-electron chi connectivity index (χ3n) is 2.21. The van der Waals surface area contributed by atoms with Crippen molar-refractivity contribution in [2.24, 2.45) is 5.73 Å². The monoisotopic (exact) mass is 252 g/mol. The van der Waals surface area contributed by atoms with E-state index in [1.54, 1.807) is 0 Å². The SMILES string of the molecule is CC(=O)OCC(=O)c1cc(C(N)=O)c(=O)[nH]c1C. The number of esters is 1. The summed E-state index contributed by atoms with van der Waals surface area (Å²) in [7, 11) is 0. The van der Waals surface area contributed by atoms with Crippen LogP contribution in [0.5, 0.6) is 0 Å². The summed E-state index contributed by atoms with van der Waals surface area (Å²) in [5.41, 5.74) is 4.39. The van der Waals surface area contributed by atoms with E-state index in [4.69, 9.17) is 5.73 Å². The van der Waals surface area contributed by atoms with Gasteiger partial charge in [-0.2, -0.15) is 0 Å². The Bertz CT molecular complexity index is 573. The maximum absolute atomic E-state index is 11.7. The van der Waals surface area contributed by atoms with Crippen LogP contribution in [0.2, 0.25) is 0 Å². The van der Waals surface area contributed by atoms with E-state index in [-0.39, 0.29) is 16.8 Å². The van der Waals surface area contributed by atoms with Gasteiger partial charge in [-0.1, -0.05) is 0 Å². The number of carbonyl (C=O) groups is 3. The molecule has 0 radical (unpaired) electrons. The first-order chi connectivity index (χ1) is 8.32. The van der Waals surface area contributed by atoms with Crippen LogP contribution in [0.15, 0.2) is 10.9 Å². The van der Waals surface area contributed by atoms with Gasteiger partial charge in [-0.3, -0.25) is 19.2 Å². The minimum atomic E-state index is -0.933. The van der Waals surface area contributed by atoms with Gasteiger partial charge in [0.1, 0.15) is 5.56 Å². The van der Waals surface area contributed by atoms with E-state index < -0.39 is 29.8 Å². The number of aromatic nitrogens is 1. The van der Waals surface area contributed by atoms with E-state index in [9.17, 15) is 19.2 Å². The summed E-state index contributed by atoms with van der Waals surface area (Å²) in [5.74, 6) is -2.06. The van der Waals surface area contributed by atoms with Crippen LogP contribution in [-0.2, 0) is 9.53 Å². The first kappa shape index (κ1) is 13.6. The molecule has 0 unspecified atom stereocenters. The minimum Gasteiger partial charge on any atom is -0.457 e. The lowest BCUT2D eigenvalue weighted by atomic mass is 10.1. The number of primary amides is 1. The van der Waals surface area contributed by atoms with Crippen LogP contribution in [-0.4, -0.2) is 29.3 Å². The molecule has 1 aromatic rings. The van der Waals surface area contributed by atoms with Crippen LogP contribution in [0.3, 0.4) is 0 Å². The fourth-order valence-corrected chi connectivity index (χ4v) is 1.34. The molecule has 1 aromatic heterocycles. The average molecular weight is 252 g/mol. The van der Waals surface area contributed by atoms with Crippen LogP contribution in [0.4, 0.5) is 0 Å². The zero-order valence-electron chi connectivity index (χ0n) is 9.90. The number of carbonyl (C=O) groups excluding carboxylic acids is 3. The molecule has 0 aliphatic rings. The Morgan fingerprint density at radius 2 is 1.94 bits per heavy atom. The van der Waals surface area contributed by atoms with Crippen molar-refractivity contribution in [2.75, 3.05) is 6.61 Å². The van der Waals surface area contributed by atoms with Gasteiger partial charge in [0, 0.05) is 18.2 Å². The lowest BCUT2D eigenvalue weighted by Gasteiger charge is -2.06. The summed E-state index contributed by atoms with van der Waals surface area (Å²) in [4.78, 5) is 47.0. The van der Waals surface area contributed by atoms with E-state index in [0.717, 1.165) is 6.07 Å². The summed E-state index contributed by atoms with van der Waals surface area (Å²) in [6.07, 6.45) is 0. The molecule has 1 heterocycles. The number of hydrogen-bond acceptors (Lipinski definition) is 5. The van der Waals surface area contributed by atoms with Gasteiger partial charge in [0.05, 0.1) is 0 Å². The topological polar surface area (TPSA) is 119 Å². The van der Waals surface area contributed by atoms with Crippen molar-refractivity contribution in [3.05, 3.63) is 33.2 Å². The molecule has 1 rings (SSSR count). The third kappa shape index (κ3) is 3.03. The van der Waals surface area contributed by atoms with E-state index in [2.05, 4.69) is 9.72 Å². The van der Waals surface area contributed by atoms with Crippen molar-refractivity contribution in [3.63, 3.8) is 0 Å². The first-order valence-electron chi connectivity index (χ1n) is 5.03. The minimum absolute atomic E-state index is 0.0876. The Hall–Kier alpha value is -2.44. The summed E-state index contributed by atoms with van der Waals surface area (Å²) in [6, 6.07) is 1.10. The Labute approximate surface area is 102 Å². The molecule has 0 saturated carbocycles. The lowest BCUT2D eigenvalue weighted by Crippen LogP contribution is -2.26. The van der Waals surface area contributed by atoms with Crippen LogP contribution >= 0.6 is 0 Å². The lowest BCUT2D eigenvalue weighted by molar-refractivity contribution is -0.139. The normalized spacial score (nSPS) is 9.89. The number of aryl methyl sites for hydroxylation is 1. The number of aromatic amines is 1. The molecule has 0 spiro atoms. The summed E-state index contributed by atoms with van der Waals surface area (Å²) < 4.78 is 4.55. The molecule has 0 aromatic carbocycles. The number of H-pyrrole nitrogens is 1. The highest BCUT2D eigenvalue weighted by molar-refractivity contribution is 6.01. The van der Waals surface area contributed by atoms with Crippen molar-refractivity contribution in [3.8, 4) is 0 Å². The van der Waals surface area contributed by atoms with E-state index in [1.807, 2.05) is 0 Å². The van der Waals surface area contributed by atoms with Gasteiger partial charge in [0.2, 0.25) is 5.78 Å². The molecular weight excluding hydrogens is 240 g/mol. The fourth-order valence-electron chi connectivity index (χ4n) is 1.34. The standard InChI is InChI=1S/C11H12N2O5/c1-5-7(9(15)4-18-6(2)14)3-8(10(12)16)11(17)13-5/h3H,4H2,1-2H3,(H2,12,16)(H,13,17). The van der Waals surface area contributed by atoms with Crippen molar-refractivity contribution < 1.29 is 19.1 Å². The van der Waals surface area contributed by atoms with E-state index in [1.165, 1.54) is 13.8 Å². The van der Waals surface area contributed by atoms with Crippen molar-refractivity contribution >= 4 is 17.7 Å². The fraction of sp³-hybridized carbons (Fsp3) is 0.273. The number of pyridine rings is 1. The molecule has 7 heteroatoms. The second-order valence-electron chi connectivity index (χ2n) is 3.62. The average Bonchev–Trinajstić information content (AvgIpc) is 2.25. The Balaban J connectivity index is 3.12. The summed E-state index contributed by atoms with van der Waals surface area (Å²) in [6.45, 7) is 2.20. The number of nitrogens with one attached hydrogen (secondary N) is 1. The van der Waals surface area contributed by atoms with Crippen molar-refractivity contribution in [2.45, 2.75) is 13.8 Å². The van der Waals surface area contributed by atoms with Gasteiger partial charge < -0.3 is 15.5 Å². The van der Waals surface area contributed by atoms with E-state index >= 15 is 0 Å². The molecule has 0 bridgehead atoms. The molecule has 96 valence electrons. The second kappa shape index (κ2) is 5.26. The molecule has 0 aliphatic heterocycles. The number of Topliss-reactive ketones (excluding diaryl/α,β-unsaturated/α-hetero) is 1. The summed E-state index contributed by atoms with van der Waals surface area (Å²) in [5, 5.41) is 0. The molecule has 0 saturated heterocycles. The molecule has 0 aliphatic carbocycles. The van der Waals surface area contributed by atoms with Crippen molar-refractivity contribution in [1.29, 1.82) is 0 Å². The van der Waals surface area contributed by atoms with E-state index in [0.29, 0.717) is 0 Å². The van der Waals surface area contributed by atoms with Gasteiger partial charge in [-0.25, -0.2) is 0 Å². The zero-order chi connectivity index (χ0) is 13.9. The quantitative estimate of drug-likeness (QED) is 0.554. The van der Waals surface area contributed by atoms with Crippen LogP contribution in [0.25, 0.3) is 0 Å². The van der Waals surface area contributed by atoms with Crippen LogP contribution in [0.1, 0.15) is 33.3 Å². The predicted molar refractivity (Wildman–Crippen MR) is 61.3 cm³/mol. The molecule has 0 fully saturated rings. The maximum Gasteiger partial charge on any atom is 0.303 e. The number of hydrogen-bond donors (Lipinski definition) is 2. The molecule has 7 nitrogen and oxygen atoms in total. The third-order valence-corrected chi connectivity index (χ3v) is 2.21. The Kier molecular flexibility index (Phi) is 3.98. The molecule has 0 atom stereocenters. The molecular formula is C11H12N2O5. The first-order valence-corrected chi connectivity index (χ1v) is 5.03. The summed E-state index contributed by atoms with van der Waals surface area (Å²) >= 11 is 0. The molecule has 1 amide bonds. The van der Waals surface area contributed by atoms with Gasteiger partial charge in [-0.05, 0) is 13.0 Å². The van der Waals surface area contributed by atoms with Crippen molar-refractivity contribution in [1.82, 2.24) is 4.98 Å². The van der Waals surface area contributed by atoms with Crippen LogP contribution in [0, 0.1) is 6.92 Å². The number of amides is 1. The molecule has 3 N–H and O–H groups in total. The second-order valence-corrected chi connectivity index (χ2v) is 3.62. The number of rotatable bonds is 4. The number of nitrogens with two attached hydrogens (primary N) is 1. The predicted octanol–water partition coefficient (Wildman–Crippen LogP) is -0.472. The molecule has 18 heavy (non-hydrogen) atoms. The maximum atomic E-state index is 11.7. The van der Waals surface area contributed by atoms with Gasteiger partial charge in [-0.15, -0.1) is 0 Å². The Morgan fingerprint density at radius 1 is 1.33 bits per heavy atom. The smallest absolute Gasteiger partial charge is 0.303 e. The number of ether oxygens (including phenoxy) is 1. The van der Waals surface area contributed by atoms with Gasteiger partial charge >= 0.3 is 5.97 Å². The highest BCUT2D eigenvalue weighted by Gasteiger charge is 2.16. The van der Waals surface area contributed by atoms with Crippen LogP contribution < -0.4 is 11.3 Å². The number of ketones is 1. The van der Waals surface area contributed by atoms with Gasteiger partial charge in [0.25, 0.3) is 11.5 Å². The van der Waals surface area contributed by atoms with Gasteiger partial charge in [0.15, 0.2) is 6.61 Å². The highest BCUT2D eigenvalue weighted by Crippen LogP contribution is 2.06.